The number of benzene rings is 2. The Labute approximate surface area is 221 Å². The van der Waals surface area contributed by atoms with Gasteiger partial charge in [-0.1, -0.05) is 29.8 Å². The van der Waals surface area contributed by atoms with E-state index in [1.54, 1.807) is 57.0 Å². The number of urea groups is 1. The van der Waals surface area contributed by atoms with Crippen LogP contribution in [0.25, 0.3) is 5.69 Å². The molecular formula is C27H31ClN6O3. The van der Waals surface area contributed by atoms with Gasteiger partial charge in [0, 0.05) is 50.3 Å². The Hall–Kier alpha value is -3.85. The molecular weight excluding hydrogens is 492 g/mol. The van der Waals surface area contributed by atoms with Crippen LogP contribution >= 0.6 is 11.6 Å². The summed E-state index contributed by atoms with van der Waals surface area (Å²) in [5.41, 5.74) is 2.65. The largest absolute Gasteiger partial charge is 0.342 e. The first-order valence-corrected chi connectivity index (χ1v) is 12.5. The number of likely N-dealkylation sites (N-methyl/N-ethyl adjacent to an activating group) is 1. The van der Waals surface area contributed by atoms with E-state index < -0.39 is 0 Å². The minimum absolute atomic E-state index is 0.0355. The summed E-state index contributed by atoms with van der Waals surface area (Å²) in [7, 11) is 1.71. The van der Waals surface area contributed by atoms with Crippen molar-refractivity contribution in [1.29, 1.82) is 0 Å². The number of carbonyl (C=O) groups excluding carboxylic acids is 3. The molecule has 3 aromatic rings. The molecule has 2 heterocycles. The minimum Gasteiger partial charge on any atom is -0.342 e. The Bertz CT molecular complexity index is 1290. The Morgan fingerprint density at radius 3 is 2.59 bits per heavy atom. The third kappa shape index (κ3) is 5.61. The minimum atomic E-state index is -0.358. The van der Waals surface area contributed by atoms with Crippen molar-refractivity contribution >= 4 is 35.1 Å². The van der Waals surface area contributed by atoms with Crippen LogP contribution in [0.5, 0.6) is 0 Å². The first kappa shape index (κ1) is 26.2. The Balaban J connectivity index is 1.56. The fourth-order valence-electron chi connectivity index (χ4n) is 4.22. The normalized spacial score (nSPS) is 15.2. The van der Waals surface area contributed by atoms with Crippen molar-refractivity contribution in [2.24, 2.45) is 0 Å². The number of halogens is 1. The van der Waals surface area contributed by atoms with Crippen molar-refractivity contribution in [3.05, 3.63) is 77.1 Å². The summed E-state index contributed by atoms with van der Waals surface area (Å²) in [5.74, 6) is -0.427. The van der Waals surface area contributed by atoms with E-state index in [4.69, 9.17) is 11.6 Å². The van der Waals surface area contributed by atoms with Crippen LogP contribution in [-0.2, 0) is 11.3 Å². The Kier molecular flexibility index (Phi) is 7.83. The lowest BCUT2D eigenvalue weighted by atomic mass is 10.1. The maximum Gasteiger partial charge on any atom is 0.318 e. The number of nitrogens with one attached hydrogen (secondary N) is 1. The summed E-state index contributed by atoms with van der Waals surface area (Å²) in [6.07, 6.45) is 3.47. The van der Waals surface area contributed by atoms with Gasteiger partial charge < -0.3 is 20.0 Å². The zero-order valence-corrected chi connectivity index (χ0v) is 22.1. The van der Waals surface area contributed by atoms with Gasteiger partial charge in [-0.05, 0) is 56.7 Å². The van der Waals surface area contributed by atoms with Crippen molar-refractivity contribution < 1.29 is 14.4 Å². The molecule has 0 saturated carbocycles. The molecule has 194 valence electrons. The maximum absolute atomic E-state index is 13.8. The molecule has 1 aromatic heterocycles. The lowest BCUT2D eigenvalue weighted by Crippen LogP contribution is -2.50. The molecule has 4 amide bonds. The van der Waals surface area contributed by atoms with Gasteiger partial charge in [0.25, 0.3) is 5.91 Å². The number of anilines is 1. The fraction of sp³-hybridized carbons (Fsp3) is 0.333. The van der Waals surface area contributed by atoms with Gasteiger partial charge >= 0.3 is 6.03 Å². The number of para-hydroxylation sites is 1. The molecule has 1 aliphatic heterocycles. The molecule has 4 rings (SSSR count). The second-order valence-electron chi connectivity index (χ2n) is 9.39. The third-order valence-corrected chi connectivity index (χ3v) is 6.93. The van der Waals surface area contributed by atoms with E-state index in [2.05, 4.69) is 10.4 Å². The van der Waals surface area contributed by atoms with Gasteiger partial charge in [0.15, 0.2) is 0 Å². The second kappa shape index (κ2) is 11.0. The number of rotatable bonds is 5. The van der Waals surface area contributed by atoms with E-state index in [0.29, 0.717) is 17.1 Å². The van der Waals surface area contributed by atoms with Gasteiger partial charge in [-0.3, -0.25) is 9.59 Å². The summed E-state index contributed by atoms with van der Waals surface area (Å²) < 4.78 is 1.67. The van der Waals surface area contributed by atoms with Crippen molar-refractivity contribution in [2.75, 3.05) is 25.0 Å². The summed E-state index contributed by atoms with van der Waals surface area (Å²) in [4.78, 5) is 44.2. The lowest BCUT2D eigenvalue weighted by molar-refractivity contribution is -0.130. The van der Waals surface area contributed by atoms with Crippen molar-refractivity contribution in [1.82, 2.24) is 24.9 Å². The molecule has 37 heavy (non-hydrogen) atoms. The quantitative estimate of drug-likeness (QED) is 0.549. The average Bonchev–Trinajstić information content (AvgIpc) is 3.38. The molecule has 0 bridgehead atoms. The van der Waals surface area contributed by atoms with Gasteiger partial charge in [-0.15, -0.1) is 0 Å². The summed E-state index contributed by atoms with van der Waals surface area (Å²) >= 11 is 6.56. The molecule has 2 aromatic carbocycles. The number of amides is 4. The number of carbonyl (C=O) groups is 3. The highest BCUT2D eigenvalue weighted by Gasteiger charge is 2.32. The van der Waals surface area contributed by atoms with Crippen molar-refractivity contribution in [2.45, 2.75) is 39.4 Å². The van der Waals surface area contributed by atoms with Crippen LogP contribution < -0.4 is 10.2 Å². The molecule has 9 nitrogen and oxygen atoms in total. The van der Waals surface area contributed by atoms with E-state index in [9.17, 15) is 14.4 Å². The van der Waals surface area contributed by atoms with E-state index in [1.165, 1.54) is 0 Å². The topological polar surface area (TPSA) is 90.8 Å². The molecule has 0 radical (unpaired) electrons. The standard InChI is InChI=1S/C27H31ClN6O3/c1-18(2)31(4)25(35)15-29-27(37)32-17-20-8-5-6-9-24(20)33(16-19(32)3)26(36)22-11-10-21(14-23(22)28)34-13-7-12-30-34/h5-14,18-19H,15-17H2,1-4H3,(H,29,37)/t19-/m1/s1. The molecule has 0 spiro atoms. The number of fused-ring (bicyclic) bond motifs is 1. The third-order valence-electron chi connectivity index (χ3n) is 6.62. The van der Waals surface area contributed by atoms with Crippen molar-refractivity contribution in [3.8, 4) is 5.69 Å². The number of nitrogens with zero attached hydrogens (tertiary/aromatic N) is 5. The molecule has 0 saturated heterocycles. The summed E-state index contributed by atoms with van der Waals surface area (Å²) in [6, 6.07) is 13.9. The fourth-order valence-corrected chi connectivity index (χ4v) is 4.48. The number of hydrogen-bond acceptors (Lipinski definition) is 4. The number of aromatic nitrogens is 2. The van der Waals surface area contributed by atoms with Gasteiger partial charge in [-0.2, -0.15) is 5.10 Å². The highest BCUT2D eigenvalue weighted by atomic mass is 35.5. The second-order valence-corrected chi connectivity index (χ2v) is 9.80. The zero-order chi connectivity index (χ0) is 26.7. The van der Waals surface area contributed by atoms with Crippen LogP contribution in [0.15, 0.2) is 60.9 Å². The van der Waals surface area contributed by atoms with Gasteiger partial charge in [0.2, 0.25) is 5.91 Å². The molecule has 1 aliphatic rings. The summed E-state index contributed by atoms with van der Waals surface area (Å²) in [5, 5.41) is 7.27. The van der Waals surface area contributed by atoms with E-state index >= 15 is 0 Å². The first-order chi connectivity index (χ1) is 17.7. The van der Waals surface area contributed by atoms with Gasteiger partial charge in [0.1, 0.15) is 0 Å². The number of hydrogen-bond donors (Lipinski definition) is 1. The first-order valence-electron chi connectivity index (χ1n) is 12.2. The van der Waals surface area contributed by atoms with Crippen LogP contribution in [0.1, 0.15) is 36.7 Å². The summed E-state index contributed by atoms with van der Waals surface area (Å²) in [6.45, 7) is 6.18. The van der Waals surface area contributed by atoms with Crippen molar-refractivity contribution in [3.63, 3.8) is 0 Å². The van der Waals surface area contributed by atoms with Crippen LogP contribution in [0.3, 0.4) is 0 Å². The predicted molar refractivity (Wildman–Crippen MR) is 143 cm³/mol. The average molecular weight is 523 g/mol. The Morgan fingerprint density at radius 1 is 1.16 bits per heavy atom. The Morgan fingerprint density at radius 2 is 1.92 bits per heavy atom. The predicted octanol–water partition coefficient (Wildman–Crippen LogP) is 3.95. The zero-order valence-electron chi connectivity index (χ0n) is 21.4. The molecule has 0 aliphatic carbocycles. The molecule has 0 unspecified atom stereocenters. The van der Waals surface area contributed by atoms with Gasteiger partial charge in [0.05, 0.1) is 22.8 Å². The van der Waals surface area contributed by atoms with E-state index in [-0.39, 0.29) is 43.0 Å². The van der Waals surface area contributed by atoms with Crippen LogP contribution in [-0.4, -0.2) is 69.6 Å². The van der Waals surface area contributed by atoms with Crippen LogP contribution in [0.4, 0.5) is 10.5 Å². The van der Waals surface area contributed by atoms with Crippen LogP contribution in [0, 0.1) is 0 Å². The monoisotopic (exact) mass is 522 g/mol. The van der Waals surface area contributed by atoms with Crippen LogP contribution in [0.2, 0.25) is 5.02 Å². The highest BCUT2D eigenvalue weighted by Crippen LogP contribution is 2.30. The molecule has 1 atom stereocenters. The highest BCUT2D eigenvalue weighted by molar-refractivity contribution is 6.34. The van der Waals surface area contributed by atoms with E-state index in [0.717, 1.165) is 16.9 Å². The maximum atomic E-state index is 13.8. The smallest absolute Gasteiger partial charge is 0.318 e. The SMILES string of the molecule is CC(C)N(C)C(=O)CNC(=O)N1Cc2ccccc2N(C(=O)c2ccc(-n3cccn3)cc2Cl)C[C@H]1C. The molecule has 0 fully saturated rings. The van der Waals surface area contributed by atoms with E-state index in [1.807, 2.05) is 51.1 Å². The lowest BCUT2D eigenvalue weighted by Gasteiger charge is -2.30. The molecule has 10 heteroatoms. The van der Waals surface area contributed by atoms with Gasteiger partial charge in [-0.25, -0.2) is 9.48 Å². The molecule has 1 N–H and O–H groups in total.